The van der Waals surface area contributed by atoms with Gasteiger partial charge in [0.05, 0.1) is 36.4 Å². The van der Waals surface area contributed by atoms with Crippen LogP contribution in [0, 0.1) is 0 Å². The number of rotatable bonds is 2. The van der Waals surface area contributed by atoms with Crippen molar-refractivity contribution >= 4 is 64.8 Å². The predicted molar refractivity (Wildman–Crippen MR) is 167 cm³/mol. The maximum Gasteiger partial charge on any atom is 0.208 e. The number of sulfone groups is 1. The fourth-order valence-electron chi connectivity index (χ4n) is 6.36. The minimum Gasteiger partial charge on any atom is -0.307 e. The lowest BCUT2D eigenvalue weighted by Gasteiger charge is -2.42. The first-order chi connectivity index (χ1) is 19.8. The number of hydrogen-bond acceptors (Lipinski definition) is 6. The summed E-state index contributed by atoms with van der Waals surface area (Å²) in [7, 11) is -3.80. The minimum absolute atomic E-state index is 0.0697. The van der Waals surface area contributed by atoms with E-state index in [2.05, 4.69) is 78.7 Å². The van der Waals surface area contributed by atoms with Crippen LogP contribution in [0.4, 0.5) is 17.1 Å². The molecule has 8 rings (SSSR count). The first-order valence-corrected chi connectivity index (χ1v) is 16.5. The zero-order valence-electron chi connectivity index (χ0n) is 22.2. The summed E-state index contributed by atoms with van der Waals surface area (Å²) in [5.74, 6) is -0.261. The van der Waals surface area contributed by atoms with Gasteiger partial charge in [0.2, 0.25) is 9.84 Å². The van der Waals surface area contributed by atoms with E-state index in [0.29, 0.717) is 0 Å². The average Bonchev–Trinajstić information content (AvgIpc) is 3.59. The van der Waals surface area contributed by atoms with Crippen LogP contribution in [-0.4, -0.2) is 14.2 Å². The third-order valence-electron chi connectivity index (χ3n) is 8.33. The Bertz CT molecular complexity index is 2140. The van der Waals surface area contributed by atoms with Crippen molar-refractivity contribution < 1.29 is 13.2 Å². The second kappa shape index (κ2) is 8.49. The Kier molecular flexibility index (Phi) is 5.12. The molecule has 4 heterocycles. The third kappa shape index (κ3) is 3.31. The molecule has 0 saturated carbocycles. The Balaban J connectivity index is 1.40. The van der Waals surface area contributed by atoms with Crippen LogP contribution in [0.1, 0.15) is 40.9 Å². The van der Waals surface area contributed by atoms with Crippen molar-refractivity contribution in [1.82, 2.24) is 0 Å². The van der Waals surface area contributed by atoms with Crippen molar-refractivity contribution in [3.05, 3.63) is 125 Å². The number of ketones is 1. The van der Waals surface area contributed by atoms with Gasteiger partial charge >= 0.3 is 0 Å². The van der Waals surface area contributed by atoms with Gasteiger partial charge in [0, 0.05) is 21.2 Å². The van der Waals surface area contributed by atoms with E-state index >= 15 is 0 Å². The molecular weight excluding hydrogens is 567 g/mol. The second-order valence-corrected chi connectivity index (χ2v) is 14.8. The molecule has 0 N–H and O–H groups in total. The lowest BCUT2D eigenvalue weighted by atomic mass is 9.73. The molecular formula is C34H23NO3S3. The molecule has 0 radical (unpaired) electrons. The summed E-state index contributed by atoms with van der Waals surface area (Å²) < 4.78 is 29.3. The van der Waals surface area contributed by atoms with Crippen LogP contribution in [0.5, 0.6) is 0 Å². The number of anilines is 3. The van der Waals surface area contributed by atoms with Gasteiger partial charge in [0.1, 0.15) is 0 Å². The first kappa shape index (κ1) is 24.7. The molecule has 0 saturated heterocycles. The monoisotopic (exact) mass is 589 g/mol. The highest BCUT2D eigenvalue weighted by Gasteiger charge is 2.39. The number of para-hydroxylation sites is 2. The molecule has 4 nitrogen and oxygen atoms in total. The molecule has 0 spiro atoms. The van der Waals surface area contributed by atoms with Gasteiger partial charge in [0.15, 0.2) is 5.78 Å². The number of carbonyl (C=O) groups is 1. The topological polar surface area (TPSA) is 54.5 Å². The van der Waals surface area contributed by atoms with Crippen LogP contribution >= 0.6 is 22.7 Å². The fraction of sp³-hybridized carbons (Fsp3) is 0.0882. The van der Waals surface area contributed by atoms with Crippen LogP contribution in [0.2, 0.25) is 0 Å². The molecule has 2 aromatic heterocycles. The lowest BCUT2D eigenvalue weighted by molar-refractivity contribution is 0.103. The number of thiophene rings is 2. The van der Waals surface area contributed by atoms with E-state index in [1.54, 1.807) is 53.0 Å². The van der Waals surface area contributed by atoms with Crippen molar-refractivity contribution in [3.8, 4) is 10.4 Å². The number of nitrogens with zero attached hydrogens (tertiary/aromatic N) is 1. The number of fused-ring (bicyclic) bond motifs is 5. The van der Waals surface area contributed by atoms with Gasteiger partial charge in [-0.05, 0) is 64.5 Å². The van der Waals surface area contributed by atoms with Gasteiger partial charge in [-0.25, -0.2) is 8.42 Å². The highest BCUT2D eigenvalue weighted by Crippen LogP contribution is 2.57. The van der Waals surface area contributed by atoms with Crippen LogP contribution in [0.25, 0.3) is 19.8 Å². The molecule has 0 aliphatic carbocycles. The van der Waals surface area contributed by atoms with E-state index in [4.69, 9.17) is 0 Å². The molecule has 0 amide bonds. The van der Waals surface area contributed by atoms with E-state index in [1.807, 2.05) is 6.07 Å². The summed E-state index contributed by atoms with van der Waals surface area (Å²) in [6.45, 7) is 4.54. The molecule has 0 unspecified atom stereocenters. The number of benzene rings is 4. The van der Waals surface area contributed by atoms with Crippen molar-refractivity contribution in [1.29, 1.82) is 0 Å². The second-order valence-electron chi connectivity index (χ2n) is 10.9. The van der Waals surface area contributed by atoms with Crippen molar-refractivity contribution in [2.24, 2.45) is 0 Å². The summed E-state index contributed by atoms with van der Waals surface area (Å²) in [5, 5.41) is 2.11. The lowest BCUT2D eigenvalue weighted by Crippen LogP contribution is -2.30. The van der Waals surface area contributed by atoms with Crippen molar-refractivity contribution in [3.63, 3.8) is 0 Å². The smallest absolute Gasteiger partial charge is 0.208 e. The molecule has 7 heteroatoms. The zero-order valence-corrected chi connectivity index (χ0v) is 24.7. The third-order valence-corrected chi connectivity index (χ3v) is 12.4. The molecule has 2 aliphatic heterocycles. The fourth-order valence-corrected chi connectivity index (χ4v) is 10.3. The molecule has 0 bridgehead atoms. The van der Waals surface area contributed by atoms with Crippen molar-refractivity contribution in [2.45, 2.75) is 29.1 Å². The van der Waals surface area contributed by atoms with E-state index < -0.39 is 9.84 Å². The molecule has 4 aromatic carbocycles. The average molecular weight is 590 g/mol. The van der Waals surface area contributed by atoms with E-state index in [1.165, 1.54) is 17.2 Å². The molecule has 41 heavy (non-hydrogen) atoms. The summed E-state index contributed by atoms with van der Waals surface area (Å²) in [4.78, 5) is 17.1. The molecule has 2 aliphatic rings. The van der Waals surface area contributed by atoms with Crippen LogP contribution < -0.4 is 4.90 Å². The Morgan fingerprint density at radius 3 is 2.10 bits per heavy atom. The normalized spacial score (nSPS) is 16.1. The summed E-state index contributed by atoms with van der Waals surface area (Å²) >= 11 is 3.37. The first-order valence-electron chi connectivity index (χ1n) is 13.3. The summed E-state index contributed by atoms with van der Waals surface area (Å²) in [5.41, 5.74) is 6.88. The van der Waals surface area contributed by atoms with Gasteiger partial charge in [-0.15, -0.1) is 22.7 Å². The Labute approximate surface area is 246 Å². The summed E-state index contributed by atoms with van der Waals surface area (Å²) in [6.07, 6.45) is 0. The quantitative estimate of drug-likeness (QED) is 0.202. The van der Waals surface area contributed by atoms with Crippen molar-refractivity contribution in [2.75, 3.05) is 4.90 Å². The Hall–Kier alpha value is -4.04. The predicted octanol–water partition coefficient (Wildman–Crippen LogP) is 9.12. The van der Waals surface area contributed by atoms with Gasteiger partial charge in [-0.1, -0.05) is 68.4 Å². The largest absolute Gasteiger partial charge is 0.307 e. The Morgan fingerprint density at radius 1 is 0.732 bits per heavy atom. The van der Waals surface area contributed by atoms with Gasteiger partial charge in [-0.3, -0.25) is 4.79 Å². The van der Waals surface area contributed by atoms with Gasteiger partial charge < -0.3 is 4.90 Å². The molecule has 0 fully saturated rings. The van der Waals surface area contributed by atoms with E-state index in [9.17, 15) is 13.2 Å². The summed E-state index contributed by atoms with van der Waals surface area (Å²) in [6, 6.07) is 30.9. The number of carbonyl (C=O) groups excluding carboxylic acids is 1. The van der Waals surface area contributed by atoms with Gasteiger partial charge in [0.25, 0.3) is 0 Å². The number of hydrogen-bond donors (Lipinski definition) is 0. The van der Waals surface area contributed by atoms with Gasteiger partial charge in [-0.2, -0.15) is 0 Å². The standard InChI is InChI=1S/C34H23NO3S3/c1-34(2)23-10-4-6-12-25(23)35(26-13-7-5-11-24(26)34)30-32(40-27-17-18-39-33(27)30)20-15-16-29-22(19-20)31(36)21-9-3-8-14-28(21)41(29,37)38/h3-19H,1-2H3. The highest BCUT2D eigenvalue weighted by atomic mass is 32.2. The van der Waals surface area contributed by atoms with Crippen LogP contribution in [0.15, 0.2) is 112 Å². The maximum atomic E-state index is 13.6. The molecule has 6 aromatic rings. The van der Waals surface area contributed by atoms with E-state index in [-0.39, 0.29) is 32.1 Å². The minimum atomic E-state index is -3.80. The van der Waals surface area contributed by atoms with E-state index in [0.717, 1.165) is 36.9 Å². The van der Waals surface area contributed by atoms with Crippen LogP contribution in [0.3, 0.4) is 0 Å². The maximum absolute atomic E-state index is 13.6. The SMILES string of the molecule is CC1(C)c2ccccc2N(c2c(-c3ccc4c(c3)C(=O)c3ccccc3S4(=O)=O)sc3ccsc23)c2ccccc21. The highest BCUT2D eigenvalue weighted by molar-refractivity contribution is 7.91. The Morgan fingerprint density at radius 2 is 1.37 bits per heavy atom. The van der Waals surface area contributed by atoms with Crippen LogP contribution in [-0.2, 0) is 15.3 Å². The molecule has 0 atom stereocenters. The molecule has 200 valence electrons. The zero-order chi connectivity index (χ0) is 28.1.